The Hall–Kier alpha value is -1.06. The smallest absolute Gasteiger partial charge is 0.119 e. The van der Waals surface area contributed by atoms with E-state index in [2.05, 4.69) is 17.4 Å². The summed E-state index contributed by atoms with van der Waals surface area (Å²) in [7, 11) is 3.43. The van der Waals surface area contributed by atoms with Crippen LogP contribution in [-0.4, -0.2) is 33.9 Å². The SMILES string of the molecule is COCCCNCCc1cccc(OC)c1. The molecule has 0 bridgehead atoms. The zero-order valence-electron chi connectivity index (χ0n) is 10.2. The van der Waals surface area contributed by atoms with Gasteiger partial charge in [0, 0.05) is 13.7 Å². The van der Waals surface area contributed by atoms with Crippen LogP contribution in [0.25, 0.3) is 0 Å². The summed E-state index contributed by atoms with van der Waals surface area (Å²) < 4.78 is 10.2. The van der Waals surface area contributed by atoms with Crippen molar-refractivity contribution in [3.63, 3.8) is 0 Å². The van der Waals surface area contributed by atoms with Crippen LogP contribution in [-0.2, 0) is 11.2 Å². The van der Waals surface area contributed by atoms with Crippen LogP contribution in [0.3, 0.4) is 0 Å². The van der Waals surface area contributed by atoms with Gasteiger partial charge in [-0.25, -0.2) is 0 Å². The van der Waals surface area contributed by atoms with Crippen molar-refractivity contribution in [2.75, 3.05) is 33.9 Å². The lowest BCUT2D eigenvalue weighted by Crippen LogP contribution is -2.19. The van der Waals surface area contributed by atoms with Crippen LogP contribution < -0.4 is 10.1 Å². The maximum Gasteiger partial charge on any atom is 0.119 e. The summed E-state index contributed by atoms with van der Waals surface area (Å²) in [5.41, 5.74) is 1.30. The third-order valence-corrected chi connectivity index (χ3v) is 2.43. The van der Waals surface area contributed by atoms with Gasteiger partial charge in [0.2, 0.25) is 0 Å². The van der Waals surface area contributed by atoms with Gasteiger partial charge < -0.3 is 14.8 Å². The maximum atomic E-state index is 5.18. The predicted octanol–water partition coefficient (Wildman–Crippen LogP) is 1.86. The fourth-order valence-corrected chi connectivity index (χ4v) is 1.53. The van der Waals surface area contributed by atoms with Crippen molar-refractivity contribution < 1.29 is 9.47 Å². The first-order chi connectivity index (χ1) is 7.86. The molecule has 0 radical (unpaired) electrons. The highest BCUT2D eigenvalue weighted by molar-refractivity contribution is 5.28. The molecule has 1 N–H and O–H groups in total. The summed E-state index contributed by atoms with van der Waals surface area (Å²) in [6.45, 7) is 2.83. The molecule has 90 valence electrons. The Labute approximate surface area is 97.8 Å². The molecule has 0 spiro atoms. The standard InChI is InChI=1S/C13H21NO2/c1-15-10-4-8-14-9-7-12-5-3-6-13(11-12)16-2/h3,5-6,11,14H,4,7-10H2,1-2H3. The highest BCUT2D eigenvalue weighted by Gasteiger charge is 1.95. The Morgan fingerprint density at radius 3 is 2.81 bits per heavy atom. The van der Waals surface area contributed by atoms with Crippen LogP contribution in [0.2, 0.25) is 0 Å². The first-order valence-corrected chi connectivity index (χ1v) is 5.69. The second kappa shape index (κ2) is 8.13. The second-order valence-electron chi connectivity index (χ2n) is 3.70. The van der Waals surface area contributed by atoms with E-state index in [0.29, 0.717) is 0 Å². The Bertz CT molecular complexity index is 289. The van der Waals surface area contributed by atoms with Gasteiger partial charge in [-0.2, -0.15) is 0 Å². The predicted molar refractivity (Wildman–Crippen MR) is 66.1 cm³/mol. The molecule has 0 atom stereocenters. The van der Waals surface area contributed by atoms with Gasteiger partial charge in [0.25, 0.3) is 0 Å². The number of methoxy groups -OCH3 is 2. The average Bonchev–Trinajstić information content (AvgIpc) is 2.34. The molecule has 0 heterocycles. The first kappa shape index (κ1) is 13.0. The molecule has 1 aromatic rings. The van der Waals surface area contributed by atoms with E-state index in [0.717, 1.165) is 38.3 Å². The molecule has 0 saturated heterocycles. The number of hydrogen-bond acceptors (Lipinski definition) is 3. The third kappa shape index (κ3) is 5.14. The molecule has 3 nitrogen and oxygen atoms in total. The highest BCUT2D eigenvalue weighted by atomic mass is 16.5. The number of hydrogen-bond donors (Lipinski definition) is 1. The van der Waals surface area contributed by atoms with Crippen LogP contribution in [0.1, 0.15) is 12.0 Å². The maximum absolute atomic E-state index is 5.18. The van der Waals surface area contributed by atoms with Crippen LogP contribution in [0.4, 0.5) is 0 Å². The van der Waals surface area contributed by atoms with Gasteiger partial charge in [0.1, 0.15) is 5.75 Å². The largest absolute Gasteiger partial charge is 0.497 e. The minimum absolute atomic E-state index is 0.826. The molecule has 16 heavy (non-hydrogen) atoms. The van der Waals surface area contributed by atoms with E-state index in [1.54, 1.807) is 14.2 Å². The van der Waals surface area contributed by atoms with Crippen molar-refractivity contribution in [3.8, 4) is 5.75 Å². The van der Waals surface area contributed by atoms with Crippen molar-refractivity contribution in [1.82, 2.24) is 5.32 Å². The summed E-state index contributed by atoms with van der Waals surface area (Å²) in [5, 5.41) is 3.39. The van der Waals surface area contributed by atoms with Crippen LogP contribution in [0, 0.1) is 0 Å². The van der Waals surface area contributed by atoms with Gasteiger partial charge in [-0.1, -0.05) is 12.1 Å². The summed E-state index contributed by atoms with van der Waals surface area (Å²) >= 11 is 0. The monoisotopic (exact) mass is 223 g/mol. The lowest BCUT2D eigenvalue weighted by atomic mass is 10.1. The lowest BCUT2D eigenvalue weighted by Gasteiger charge is -2.06. The number of nitrogens with one attached hydrogen (secondary N) is 1. The molecule has 0 saturated carbocycles. The molecular weight excluding hydrogens is 202 g/mol. The minimum Gasteiger partial charge on any atom is -0.497 e. The van der Waals surface area contributed by atoms with Crippen molar-refractivity contribution in [2.24, 2.45) is 0 Å². The number of benzene rings is 1. The van der Waals surface area contributed by atoms with Gasteiger partial charge in [-0.05, 0) is 43.6 Å². The van der Waals surface area contributed by atoms with Crippen molar-refractivity contribution in [3.05, 3.63) is 29.8 Å². The summed E-state index contributed by atoms with van der Waals surface area (Å²) in [6.07, 6.45) is 2.10. The Morgan fingerprint density at radius 1 is 1.19 bits per heavy atom. The highest BCUT2D eigenvalue weighted by Crippen LogP contribution is 2.12. The zero-order chi connectivity index (χ0) is 11.6. The van der Waals surface area contributed by atoms with Gasteiger partial charge in [0.05, 0.1) is 7.11 Å². The van der Waals surface area contributed by atoms with E-state index in [9.17, 15) is 0 Å². The fraction of sp³-hybridized carbons (Fsp3) is 0.538. The number of rotatable bonds is 8. The molecule has 1 aromatic carbocycles. The van der Waals surface area contributed by atoms with Gasteiger partial charge >= 0.3 is 0 Å². The Kier molecular flexibility index (Phi) is 6.61. The topological polar surface area (TPSA) is 30.5 Å². The van der Waals surface area contributed by atoms with E-state index < -0.39 is 0 Å². The molecule has 0 aliphatic heterocycles. The van der Waals surface area contributed by atoms with Crippen LogP contribution in [0.15, 0.2) is 24.3 Å². The Morgan fingerprint density at radius 2 is 2.06 bits per heavy atom. The van der Waals surface area contributed by atoms with E-state index in [-0.39, 0.29) is 0 Å². The van der Waals surface area contributed by atoms with Crippen LogP contribution >= 0.6 is 0 Å². The van der Waals surface area contributed by atoms with Crippen molar-refractivity contribution in [2.45, 2.75) is 12.8 Å². The first-order valence-electron chi connectivity index (χ1n) is 5.69. The summed E-state index contributed by atoms with van der Waals surface area (Å²) in [6, 6.07) is 8.20. The molecular formula is C13H21NO2. The van der Waals surface area contributed by atoms with E-state index in [1.165, 1.54) is 5.56 Å². The molecule has 0 aliphatic rings. The number of ether oxygens (including phenoxy) is 2. The van der Waals surface area contributed by atoms with E-state index >= 15 is 0 Å². The average molecular weight is 223 g/mol. The minimum atomic E-state index is 0.826. The lowest BCUT2D eigenvalue weighted by molar-refractivity contribution is 0.194. The molecule has 0 fully saturated rings. The zero-order valence-corrected chi connectivity index (χ0v) is 10.2. The molecule has 1 rings (SSSR count). The summed E-state index contributed by atoms with van der Waals surface area (Å²) in [4.78, 5) is 0. The third-order valence-electron chi connectivity index (χ3n) is 2.43. The fourth-order valence-electron chi connectivity index (χ4n) is 1.53. The van der Waals surface area contributed by atoms with Gasteiger partial charge in [-0.15, -0.1) is 0 Å². The van der Waals surface area contributed by atoms with Crippen molar-refractivity contribution in [1.29, 1.82) is 0 Å². The van der Waals surface area contributed by atoms with Crippen LogP contribution in [0.5, 0.6) is 5.75 Å². The molecule has 0 aromatic heterocycles. The Balaban J connectivity index is 2.16. The van der Waals surface area contributed by atoms with Crippen molar-refractivity contribution >= 4 is 0 Å². The van der Waals surface area contributed by atoms with E-state index in [1.807, 2.05) is 12.1 Å². The molecule has 0 aliphatic carbocycles. The van der Waals surface area contributed by atoms with Gasteiger partial charge in [-0.3, -0.25) is 0 Å². The normalized spacial score (nSPS) is 10.4. The summed E-state index contributed by atoms with van der Waals surface area (Å²) in [5.74, 6) is 0.928. The second-order valence-corrected chi connectivity index (χ2v) is 3.70. The van der Waals surface area contributed by atoms with Gasteiger partial charge in [0.15, 0.2) is 0 Å². The molecule has 3 heteroatoms. The quantitative estimate of drug-likeness (QED) is 0.682. The van der Waals surface area contributed by atoms with E-state index in [4.69, 9.17) is 9.47 Å². The molecule has 0 unspecified atom stereocenters. The molecule has 0 amide bonds.